The molecule has 1 amide bonds. The number of hydrogen-bond acceptors (Lipinski definition) is 3. The molecule has 0 saturated carbocycles. The molecular weight excluding hydrogens is 320 g/mol. The number of aromatic carboxylic acids is 1. The van der Waals surface area contributed by atoms with Crippen LogP contribution in [0.5, 0.6) is 0 Å². The molecule has 0 fully saturated rings. The number of hydrogen-bond donors (Lipinski definition) is 2. The lowest BCUT2D eigenvalue weighted by molar-refractivity contribution is -0.124. The second-order valence-corrected chi connectivity index (χ2v) is 5.90. The van der Waals surface area contributed by atoms with Crippen molar-refractivity contribution in [1.82, 2.24) is 9.88 Å². The Labute approximate surface area is 146 Å². The quantitative estimate of drug-likeness (QED) is 0.809. The molecule has 1 aromatic carbocycles. The monoisotopic (exact) mass is 342 g/mol. The Morgan fingerprint density at radius 3 is 2.40 bits per heavy atom. The average Bonchev–Trinajstić information content (AvgIpc) is 2.59. The van der Waals surface area contributed by atoms with Crippen LogP contribution in [0, 0.1) is 6.92 Å². The van der Waals surface area contributed by atoms with Gasteiger partial charge < -0.3 is 15.0 Å². The van der Waals surface area contributed by atoms with Crippen molar-refractivity contribution in [3.8, 4) is 0 Å². The fourth-order valence-electron chi connectivity index (χ4n) is 2.73. The third-order valence-corrected chi connectivity index (χ3v) is 4.04. The van der Waals surface area contributed by atoms with Crippen molar-refractivity contribution in [1.29, 1.82) is 0 Å². The number of benzene rings is 1. The molecule has 0 aliphatic rings. The van der Waals surface area contributed by atoms with Gasteiger partial charge in [-0.2, -0.15) is 0 Å². The summed E-state index contributed by atoms with van der Waals surface area (Å²) in [5.41, 5.74) is 1.54. The first-order chi connectivity index (χ1) is 11.9. The van der Waals surface area contributed by atoms with Crippen molar-refractivity contribution in [2.24, 2.45) is 0 Å². The van der Waals surface area contributed by atoms with Crippen LogP contribution < -0.4 is 10.9 Å². The first-order valence-electron chi connectivity index (χ1n) is 8.22. The molecule has 0 spiro atoms. The molecule has 1 heterocycles. The van der Waals surface area contributed by atoms with Crippen molar-refractivity contribution < 1.29 is 14.7 Å². The smallest absolute Gasteiger partial charge is 0.335 e. The van der Waals surface area contributed by atoms with E-state index in [4.69, 9.17) is 5.11 Å². The Balaban J connectivity index is 2.13. The third kappa shape index (κ3) is 4.56. The molecule has 0 aliphatic heterocycles. The fourth-order valence-corrected chi connectivity index (χ4v) is 2.73. The predicted octanol–water partition coefficient (Wildman–Crippen LogP) is 2.51. The Morgan fingerprint density at radius 1 is 1.16 bits per heavy atom. The number of nitrogens with zero attached hydrogens (tertiary/aromatic N) is 1. The van der Waals surface area contributed by atoms with Crippen molar-refractivity contribution in [2.45, 2.75) is 39.3 Å². The molecule has 2 N–H and O–H groups in total. The van der Waals surface area contributed by atoms with Gasteiger partial charge in [0.15, 0.2) is 0 Å². The lowest BCUT2D eigenvalue weighted by atomic mass is 10.1. The number of carboxylic acid groups (broad SMARTS) is 1. The number of carbonyl (C=O) groups is 2. The summed E-state index contributed by atoms with van der Waals surface area (Å²) < 4.78 is 1.52. The van der Waals surface area contributed by atoms with Gasteiger partial charge in [-0.25, -0.2) is 4.79 Å². The summed E-state index contributed by atoms with van der Waals surface area (Å²) in [6.45, 7) is 4.05. The molecule has 1 atom stereocenters. The zero-order chi connectivity index (χ0) is 18.4. The molecule has 0 aliphatic carbocycles. The molecule has 0 saturated heterocycles. The van der Waals surface area contributed by atoms with Crippen molar-refractivity contribution in [3.63, 3.8) is 0 Å². The molecule has 1 aromatic heterocycles. The van der Waals surface area contributed by atoms with Crippen LogP contribution in [-0.4, -0.2) is 21.6 Å². The number of pyridine rings is 1. The second kappa shape index (κ2) is 8.28. The van der Waals surface area contributed by atoms with E-state index in [9.17, 15) is 14.4 Å². The van der Waals surface area contributed by atoms with Gasteiger partial charge in [0.2, 0.25) is 5.91 Å². The highest BCUT2D eigenvalue weighted by Crippen LogP contribution is 2.15. The Kier molecular flexibility index (Phi) is 6.11. The average molecular weight is 342 g/mol. The van der Waals surface area contributed by atoms with Crippen LogP contribution >= 0.6 is 0 Å². The van der Waals surface area contributed by atoms with E-state index >= 15 is 0 Å². The van der Waals surface area contributed by atoms with Crippen LogP contribution in [0.15, 0.2) is 47.3 Å². The largest absolute Gasteiger partial charge is 0.478 e. The van der Waals surface area contributed by atoms with Crippen LogP contribution in [0.2, 0.25) is 0 Å². The predicted molar refractivity (Wildman–Crippen MR) is 94.6 cm³/mol. The van der Waals surface area contributed by atoms with Crippen LogP contribution in [-0.2, 0) is 11.3 Å². The molecule has 2 aromatic rings. The maximum Gasteiger partial charge on any atom is 0.335 e. The highest BCUT2D eigenvalue weighted by Gasteiger charge is 2.21. The maximum atomic E-state index is 12.6. The summed E-state index contributed by atoms with van der Waals surface area (Å²) in [6.07, 6.45) is 1.33. The summed E-state index contributed by atoms with van der Waals surface area (Å²) in [7, 11) is 0. The molecule has 2 rings (SSSR count). The van der Waals surface area contributed by atoms with E-state index in [1.807, 2.05) is 19.9 Å². The SMILES string of the molecule is CCCC(C(=O)NCc1ccc(C(=O)O)cc1)n1c(C)cccc1=O. The minimum Gasteiger partial charge on any atom is -0.478 e. The van der Waals surface area contributed by atoms with Gasteiger partial charge in [0, 0.05) is 18.3 Å². The fraction of sp³-hybridized carbons (Fsp3) is 0.316. The lowest BCUT2D eigenvalue weighted by Gasteiger charge is -2.21. The number of carboxylic acids is 1. The molecule has 0 radical (unpaired) electrons. The number of rotatable bonds is 7. The number of aromatic nitrogens is 1. The van der Waals surface area contributed by atoms with E-state index in [1.165, 1.54) is 22.8 Å². The summed E-state index contributed by atoms with van der Waals surface area (Å²) >= 11 is 0. The van der Waals surface area contributed by atoms with Crippen LogP contribution in [0.3, 0.4) is 0 Å². The molecule has 6 heteroatoms. The van der Waals surface area contributed by atoms with Gasteiger partial charge in [-0.05, 0) is 37.1 Å². The molecular formula is C19H22N2O4. The summed E-state index contributed by atoms with van der Waals surface area (Å²) in [5, 5.41) is 11.7. The standard InChI is InChI=1S/C19H22N2O4/c1-3-5-16(21-13(2)6-4-7-17(21)22)18(23)20-12-14-8-10-15(11-9-14)19(24)25/h4,6-11,16H,3,5,12H2,1-2H3,(H,20,23)(H,24,25). The number of aryl methyl sites for hydroxylation is 1. The van der Waals surface area contributed by atoms with Gasteiger partial charge in [-0.3, -0.25) is 9.59 Å². The lowest BCUT2D eigenvalue weighted by Crippen LogP contribution is -2.37. The first-order valence-corrected chi connectivity index (χ1v) is 8.22. The van der Waals surface area contributed by atoms with E-state index in [2.05, 4.69) is 5.32 Å². The van der Waals surface area contributed by atoms with Crippen molar-refractivity contribution in [2.75, 3.05) is 0 Å². The summed E-state index contributed by atoms with van der Waals surface area (Å²) in [6, 6.07) is 10.7. The normalized spacial score (nSPS) is 11.8. The van der Waals surface area contributed by atoms with E-state index in [-0.39, 0.29) is 23.6 Å². The van der Waals surface area contributed by atoms with Gasteiger partial charge in [0.25, 0.3) is 5.56 Å². The minimum absolute atomic E-state index is 0.195. The molecule has 6 nitrogen and oxygen atoms in total. The summed E-state index contributed by atoms with van der Waals surface area (Å²) in [4.78, 5) is 35.6. The van der Waals surface area contributed by atoms with Crippen LogP contribution in [0.25, 0.3) is 0 Å². The highest BCUT2D eigenvalue weighted by molar-refractivity contribution is 5.87. The third-order valence-electron chi connectivity index (χ3n) is 4.04. The second-order valence-electron chi connectivity index (χ2n) is 5.90. The minimum atomic E-state index is -0.988. The molecule has 0 bridgehead atoms. The number of carbonyl (C=O) groups excluding carboxylic acids is 1. The molecule has 132 valence electrons. The van der Waals surface area contributed by atoms with Gasteiger partial charge in [0.05, 0.1) is 5.56 Å². The van der Waals surface area contributed by atoms with E-state index in [0.717, 1.165) is 17.7 Å². The first kappa shape index (κ1) is 18.4. The van der Waals surface area contributed by atoms with E-state index < -0.39 is 12.0 Å². The Bertz CT molecular complexity index is 809. The van der Waals surface area contributed by atoms with Crippen molar-refractivity contribution in [3.05, 3.63) is 69.6 Å². The zero-order valence-electron chi connectivity index (χ0n) is 14.4. The Morgan fingerprint density at radius 2 is 1.84 bits per heavy atom. The molecule has 1 unspecified atom stereocenters. The van der Waals surface area contributed by atoms with Gasteiger partial charge >= 0.3 is 5.97 Å². The van der Waals surface area contributed by atoms with Gasteiger partial charge in [-0.15, -0.1) is 0 Å². The van der Waals surface area contributed by atoms with Gasteiger partial charge in [-0.1, -0.05) is 31.5 Å². The Hall–Kier alpha value is -2.89. The van der Waals surface area contributed by atoms with Crippen molar-refractivity contribution >= 4 is 11.9 Å². The zero-order valence-corrected chi connectivity index (χ0v) is 14.4. The van der Waals surface area contributed by atoms with Gasteiger partial charge in [0.1, 0.15) is 6.04 Å². The number of amides is 1. The molecule has 25 heavy (non-hydrogen) atoms. The maximum absolute atomic E-state index is 12.6. The van der Waals surface area contributed by atoms with Crippen LogP contribution in [0.4, 0.5) is 0 Å². The topological polar surface area (TPSA) is 88.4 Å². The van der Waals surface area contributed by atoms with E-state index in [0.29, 0.717) is 6.42 Å². The highest BCUT2D eigenvalue weighted by atomic mass is 16.4. The van der Waals surface area contributed by atoms with Crippen LogP contribution in [0.1, 0.15) is 47.4 Å². The summed E-state index contributed by atoms with van der Waals surface area (Å²) in [5.74, 6) is -1.21. The number of nitrogens with one attached hydrogen (secondary N) is 1. The van der Waals surface area contributed by atoms with E-state index in [1.54, 1.807) is 18.2 Å².